The highest BCUT2D eigenvalue weighted by atomic mass is 32.1. The molecule has 0 unspecified atom stereocenters. The molecule has 5 heteroatoms. The number of benzene rings is 7. The average Bonchev–Trinajstić information content (AvgIpc) is 3.60. The highest BCUT2D eigenvalue weighted by molar-refractivity contribution is 7.25. The second kappa shape index (κ2) is 11.5. The maximum atomic E-state index is 7.06. The zero-order chi connectivity index (χ0) is 36.0. The minimum atomic E-state index is -0.632. The molecule has 0 radical (unpaired) electrons. The van der Waals surface area contributed by atoms with E-state index in [4.69, 9.17) is 19.7 Å². The van der Waals surface area contributed by atoms with Crippen molar-refractivity contribution in [3.8, 4) is 45.7 Å². The molecule has 2 aromatic heterocycles. The predicted octanol–water partition coefficient (Wildman–Crippen LogP) is 12.4. The molecule has 0 bridgehead atoms. The van der Waals surface area contributed by atoms with Crippen LogP contribution in [0, 0.1) is 0 Å². The lowest BCUT2D eigenvalue weighted by Crippen LogP contribution is -2.43. The predicted molar refractivity (Wildman–Crippen MR) is 220 cm³/mol. The standard InChI is InChI=1S/C49H33N3OS/c1-48(2)35-19-7-9-21-37(35)49(38-22-10-8-20-36(38)48)39-23-11-12-25-41(39)53-44-34(18-14-24-40(44)49)47-51-45(30-15-4-3-5-16-30)50-46(52-47)31-27-28-33-32-17-6-13-26-42(32)54-43(33)29-31/h3-29H,1-2H3. The molecule has 0 saturated heterocycles. The maximum Gasteiger partial charge on any atom is 0.167 e. The number of hydrogen-bond donors (Lipinski definition) is 0. The van der Waals surface area contributed by atoms with Crippen molar-refractivity contribution in [1.29, 1.82) is 0 Å². The zero-order valence-corrected chi connectivity index (χ0v) is 30.6. The van der Waals surface area contributed by atoms with Crippen LogP contribution in [0.15, 0.2) is 164 Å². The molecule has 7 aromatic carbocycles. The van der Waals surface area contributed by atoms with Crippen LogP contribution >= 0.6 is 11.3 Å². The van der Waals surface area contributed by atoms with Crippen LogP contribution in [-0.4, -0.2) is 15.0 Å². The molecule has 0 atom stereocenters. The molecule has 1 spiro atoms. The van der Waals surface area contributed by atoms with E-state index in [9.17, 15) is 0 Å². The van der Waals surface area contributed by atoms with E-state index in [2.05, 4.69) is 159 Å². The van der Waals surface area contributed by atoms with Crippen LogP contribution in [0.25, 0.3) is 54.3 Å². The molecule has 1 aliphatic carbocycles. The summed E-state index contributed by atoms with van der Waals surface area (Å²) in [5, 5.41) is 2.50. The minimum Gasteiger partial charge on any atom is -0.456 e. The SMILES string of the molecule is CC1(C)c2ccccc2C2(c3ccccc3Oc3c(-c4nc(-c5ccccc5)nc(-c5ccc6c(c5)sc5ccccc56)n4)cccc32)c2ccccc21. The van der Waals surface area contributed by atoms with Gasteiger partial charge >= 0.3 is 0 Å². The van der Waals surface area contributed by atoms with Crippen molar-refractivity contribution >= 4 is 31.5 Å². The Morgan fingerprint density at radius 3 is 1.78 bits per heavy atom. The molecule has 0 amide bonds. The summed E-state index contributed by atoms with van der Waals surface area (Å²) in [4.78, 5) is 15.6. The Labute approximate surface area is 317 Å². The second-order valence-corrected chi connectivity index (χ2v) is 15.8. The largest absolute Gasteiger partial charge is 0.456 e. The molecule has 11 rings (SSSR count). The van der Waals surface area contributed by atoms with Gasteiger partial charge in [0.2, 0.25) is 0 Å². The molecule has 2 aliphatic rings. The first-order chi connectivity index (χ1) is 26.5. The van der Waals surface area contributed by atoms with E-state index in [0.717, 1.165) is 39.3 Å². The van der Waals surface area contributed by atoms with Gasteiger partial charge in [-0.05, 0) is 46.5 Å². The lowest BCUT2D eigenvalue weighted by atomic mass is 9.53. The van der Waals surface area contributed by atoms with Crippen LogP contribution in [0.2, 0.25) is 0 Å². The van der Waals surface area contributed by atoms with Crippen molar-refractivity contribution in [1.82, 2.24) is 15.0 Å². The van der Waals surface area contributed by atoms with Crippen LogP contribution in [-0.2, 0) is 10.8 Å². The molecule has 0 N–H and O–H groups in total. The number of ether oxygens (including phenoxy) is 1. The summed E-state index contributed by atoms with van der Waals surface area (Å²) >= 11 is 1.79. The molecule has 0 fully saturated rings. The first-order valence-electron chi connectivity index (χ1n) is 18.4. The van der Waals surface area contributed by atoms with E-state index < -0.39 is 5.41 Å². The summed E-state index contributed by atoms with van der Waals surface area (Å²) in [5.41, 5.74) is 9.21. The third-order valence-corrected chi connectivity index (χ3v) is 12.6. The average molecular weight is 712 g/mol. The quantitative estimate of drug-likeness (QED) is 0.183. The van der Waals surface area contributed by atoms with Crippen molar-refractivity contribution < 1.29 is 4.74 Å². The molecule has 4 nitrogen and oxygen atoms in total. The number of para-hydroxylation sites is 2. The highest BCUT2D eigenvalue weighted by Crippen LogP contribution is 2.62. The molecular formula is C49H33N3OS. The summed E-state index contributed by atoms with van der Waals surface area (Å²) in [6.07, 6.45) is 0. The summed E-state index contributed by atoms with van der Waals surface area (Å²) in [6.45, 7) is 4.68. The van der Waals surface area contributed by atoms with Gasteiger partial charge in [0.25, 0.3) is 0 Å². The Kier molecular flexibility index (Phi) is 6.65. The van der Waals surface area contributed by atoms with Crippen molar-refractivity contribution in [2.24, 2.45) is 0 Å². The maximum absolute atomic E-state index is 7.06. The minimum absolute atomic E-state index is 0.202. The van der Waals surface area contributed by atoms with Crippen molar-refractivity contribution in [3.05, 3.63) is 197 Å². The van der Waals surface area contributed by atoms with Crippen LogP contribution in [0.4, 0.5) is 0 Å². The molecule has 54 heavy (non-hydrogen) atoms. The fourth-order valence-corrected chi connectivity index (χ4v) is 10.2. The van der Waals surface area contributed by atoms with Crippen molar-refractivity contribution in [3.63, 3.8) is 0 Å². The van der Waals surface area contributed by atoms with Gasteiger partial charge < -0.3 is 4.74 Å². The third kappa shape index (κ3) is 4.33. The molecule has 1 aliphatic heterocycles. The van der Waals surface area contributed by atoms with E-state index in [0.29, 0.717) is 17.5 Å². The number of hydrogen-bond acceptors (Lipinski definition) is 5. The van der Waals surface area contributed by atoms with Crippen molar-refractivity contribution in [2.75, 3.05) is 0 Å². The van der Waals surface area contributed by atoms with Gasteiger partial charge in [-0.15, -0.1) is 11.3 Å². The smallest absolute Gasteiger partial charge is 0.167 e. The first-order valence-corrected chi connectivity index (χ1v) is 19.2. The number of nitrogens with zero attached hydrogens (tertiary/aromatic N) is 3. The molecule has 0 saturated carbocycles. The Bertz CT molecular complexity index is 2910. The summed E-state index contributed by atoms with van der Waals surface area (Å²) in [5.74, 6) is 3.40. The molecular weight excluding hydrogens is 679 g/mol. The Morgan fingerprint density at radius 1 is 0.444 bits per heavy atom. The van der Waals surface area contributed by atoms with Crippen LogP contribution in [0.5, 0.6) is 11.5 Å². The van der Waals surface area contributed by atoms with Gasteiger partial charge in [-0.25, -0.2) is 15.0 Å². The fourth-order valence-electron chi connectivity index (χ4n) is 9.03. The summed E-state index contributed by atoms with van der Waals surface area (Å²) in [6, 6.07) is 58.1. The van der Waals surface area contributed by atoms with E-state index in [-0.39, 0.29) is 5.41 Å². The Hall–Kier alpha value is -6.43. The Morgan fingerprint density at radius 2 is 1.02 bits per heavy atom. The van der Waals surface area contributed by atoms with Gasteiger partial charge in [-0.2, -0.15) is 0 Å². The highest BCUT2D eigenvalue weighted by Gasteiger charge is 2.53. The fraction of sp³-hybridized carbons (Fsp3) is 0.0816. The normalized spacial score (nSPS) is 14.6. The van der Waals surface area contributed by atoms with Crippen LogP contribution < -0.4 is 4.74 Å². The van der Waals surface area contributed by atoms with E-state index in [1.165, 1.54) is 42.4 Å². The second-order valence-electron chi connectivity index (χ2n) is 14.7. The number of rotatable bonds is 3. The van der Waals surface area contributed by atoms with Gasteiger partial charge in [-0.1, -0.05) is 153 Å². The summed E-state index contributed by atoms with van der Waals surface area (Å²) in [7, 11) is 0. The van der Waals surface area contributed by atoms with E-state index in [1.807, 2.05) is 18.2 Å². The van der Waals surface area contributed by atoms with E-state index in [1.54, 1.807) is 11.3 Å². The van der Waals surface area contributed by atoms with Crippen LogP contribution in [0.1, 0.15) is 47.2 Å². The third-order valence-electron chi connectivity index (χ3n) is 11.5. The van der Waals surface area contributed by atoms with Gasteiger partial charge in [0.1, 0.15) is 11.5 Å². The van der Waals surface area contributed by atoms with E-state index >= 15 is 0 Å². The lowest BCUT2D eigenvalue weighted by molar-refractivity contribution is 0.426. The molecule has 3 heterocycles. The summed E-state index contributed by atoms with van der Waals surface area (Å²) < 4.78 is 9.52. The first kappa shape index (κ1) is 31.1. The monoisotopic (exact) mass is 711 g/mol. The Balaban J connectivity index is 1.19. The topological polar surface area (TPSA) is 47.9 Å². The zero-order valence-electron chi connectivity index (χ0n) is 29.7. The van der Waals surface area contributed by atoms with Crippen molar-refractivity contribution in [2.45, 2.75) is 24.7 Å². The molecule has 9 aromatic rings. The van der Waals surface area contributed by atoms with Crippen LogP contribution in [0.3, 0.4) is 0 Å². The number of thiophene rings is 1. The lowest BCUT2D eigenvalue weighted by Gasteiger charge is -2.50. The van der Waals surface area contributed by atoms with Gasteiger partial charge in [0.05, 0.1) is 11.0 Å². The number of aromatic nitrogens is 3. The number of fused-ring (bicyclic) bond motifs is 11. The molecule has 256 valence electrons. The van der Waals surface area contributed by atoms with Gasteiger partial charge in [-0.3, -0.25) is 0 Å². The van der Waals surface area contributed by atoms with Gasteiger partial charge in [0, 0.05) is 47.8 Å². The van der Waals surface area contributed by atoms with Gasteiger partial charge in [0.15, 0.2) is 17.5 Å².